The second-order valence-corrected chi connectivity index (χ2v) is 9.20. The average Bonchev–Trinajstić information content (AvgIpc) is 3.41. The number of carbonyl (C=O) groups excluding carboxylic acids is 1. The molecule has 34 heavy (non-hydrogen) atoms. The van der Waals surface area contributed by atoms with Gasteiger partial charge in [0.2, 0.25) is 5.78 Å². The van der Waals surface area contributed by atoms with E-state index < -0.39 is 40.4 Å². The highest BCUT2D eigenvalue weighted by Gasteiger charge is 2.49. The summed E-state index contributed by atoms with van der Waals surface area (Å²) >= 11 is 6.11. The largest absolute Gasteiger partial charge is 0.478 e. The lowest BCUT2D eigenvalue weighted by molar-refractivity contribution is -0.137. The number of benzene rings is 2. The lowest BCUT2D eigenvalue weighted by Gasteiger charge is -2.29. The van der Waals surface area contributed by atoms with Crippen LogP contribution in [0, 0.1) is 5.82 Å². The number of aromatic carboxylic acids is 1. The summed E-state index contributed by atoms with van der Waals surface area (Å²) in [6.45, 7) is 0. The number of rotatable bonds is 4. The first-order valence-corrected chi connectivity index (χ1v) is 11.1. The molecule has 0 amide bonds. The number of ketones is 1. The van der Waals surface area contributed by atoms with E-state index in [-0.39, 0.29) is 16.3 Å². The standard InChI is InChI=1S/C25H18ClF4NO3/c26-17-4-1-3-16(25(28,29)30)21(17)22(32)20-12-15(13-6-7-14(23(33)34)18(27)11-13)19-5-2-8-24(9-10-24)31(19)20/h1,3-4,6-7,11-12H,2,5,8-10H2,(H,33,34). The number of nitrogens with zero attached hydrogens (tertiary/aromatic N) is 1. The topological polar surface area (TPSA) is 59.3 Å². The second-order valence-electron chi connectivity index (χ2n) is 8.79. The monoisotopic (exact) mass is 491 g/mol. The normalized spacial score (nSPS) is 16.4. The van der Waals surface area contributed by atoms with E-state index in [9.17, 15) is 27.2 Å². The Balaban J connectivity index is 1.72. The Labute approximate surface area is 196 Å². The highest BCUT2D eigenvalue weighted by Crippen LogP contribution is 2.54. The zero-order valence-electron chi connectivity index (χ0n) is 17.7. The Kier molecular flexibility index (Phi) is 5.13. The van der Waals surface area contributed by atoms with Crippen molar-refractivity contribution in [3.8, 4) is 11.1 Å². The first-order valence-electron chi connectivity index (χ1n) is 10.7. The van der Waals surface area contributed by atoms with Crippen LogP contribution in [-0.4, -0.2) is 21.4 Å². The summed E-state index contributed by atoms with van der Waals surface area (Å²) in [6.07, 6.45) is -1.04. The SMILES string of the molecule is O=C(O)c1ccc(-c2cc(C(=O)c3c(Cl)cccc3C(F)(F)F)n3c2CCCC32CC2)cc1F. The molecule has 1 aromatic heterocycles. The third-order valence-electron chi connectivity index (χ3n) is 6.75. The van der Waals surface area contributed by atoms with Crippen molar-refractivity contribution < 1.29 is 32.3 Å². The van der Waals surface area contributed by atoms with E-state index in [1.54, 1.807) is 0 Å². The van der Waals surface area contributed by atoms with Crippen LogP contribution >= 0.6 is 11.6 Å². The third-order valence-corrected chi connectivity index (χ3v) is 7.06. The summed E-state index contributed by atoms with van der Waals surface area (Å²) in [7, 11) is 0. The summed E-state index contributed by atoms with van der Waals surface area (Å²) in [5.41, 5.74) is -0.895. The molecule has 4 nitrogen and oxygen atoms in total. The minimum absolute atomic E-state index is 0.0727. The van der Waals surface area contributed by atoms with Gasteiger partial charge in [0.25, 0.3) is 0 Å². The maximum atomic E-state index is 14.5. The maximum Gasteiger partial charge on any atom is 0.417 e. The van der Waals surface area contributed by atoms with Crippen LogP contribution < -0.4 is 0 Å². The molecule has 0 saturated heterocycles. The maximum absolute atomic E-state index is 14.5. The zero-order chi connectivity index (χ0) is 24.4. The minimum atomic E-state index is -4.77. The highest BCUT2D eigenvalue weighted by molar-refractivity contribution is 6.35. The van der Waals surface area contributed by atoms with Crippen LogP contribution in [-0.2, 0) is 18.1 Å². The van der Waals surface area contributed by atoms with Crippen LogP contribution in [0.3, 0.4) is 0 Å². The summed E-state index contributed by atoms with van der Waals surface area (Å²) in [5, 5.41) is 8.83. The molecule has 9 heteroatoms. The van der Waals surface area contributed by atoms with Crippen molar-refractivity contribution in [1.82, 2.24) is 4.57 Å². The van der Waals surface area contributed by atoms with Crippen molar-refractivity contribution in [3.05, 3.63) is 81.4 Å². The molecule has 1 aliphatic carbocycles. The van der Waals surface area contributed by atoms with Gasteiger partial charge in [-0.05, 0) is 68.0 Å². The van der Waals surface area contributed by atoms with Gasteiger partial charge in [-0.25, -0.2) is 9.18 Å². The molecule has 176 valence electrons. The second kappa shape index (κ2) is 7.70. The van der Waals surface area contributed by atoms with Gasteiger partial charge in [0.1, 0.15) is 5.82 Å². The summed E-state index contributed by atoms with van der Waals surface area (Å²) in [4.78, 5) is 24.8. The molecule has 0 unspecified atom stereocenters. The van der Waals surface area contributed by atoms with Crippen molar-refractivity contribution in [2.75, 3.05) is 0 Å². The molecule has 1 spiro atoms. The van der Waals surface area contributed by atoms with Crippen molar-refractivity contribution in [3.63, 3.8) is 0 Å². The first kappa shape index (κ1) is 22.7. The van der Waals surface area contributed by atoms with Crippen LogP contribution in [0.25, 0.3) is 11.1 Å². The van der Waals surface area contributed by atoms with E-state index in [1.807, 2.05) is 4.57 Å². The molecule has 0 atom stereocenters. The molecule has 2 aromatic carbocycles. The molecule has 1 N–H and O–H groups in total. The molecule has 1 saturated carbocycles. The number of carbonyl (C=O) groups is 2. The molecule has 0 radical (unpaired) electrons. The van der Waals surface area contributed by atoms with Crippen molar-refractivity contribution in [1.29, 1.82) is 0 Å². The fraction of sp³-hybridized carbons (Fsp3) is 0.280. The van der Waals surface area contributed by atoms with Gasteiger partial charge in [-0.1, -0.05) is 23.7 Å². The van der Waals surface area contributed by atoms with Crippen LogP contribution in [0.2, 0.25) is 5.02 Å². The Morgan fingerprint density at radius 3 is 2.41 bits per heavy atom. The Hall–Kier alpha value is -3.13. The molecule has 1 aliphatic heterocycles. The molecular formula is C25H18ClF4NO3. The predicted octanol–water partition coefficient (Wildman–Crippen LogP) is 6.72. The van der Waals surface area contributed by atoms with Crippen molar-refractivity contribution >= 4 is 23.4 Å². The zero-order valence-corrected chi connectivity index (χ0v) is 18.4. The Morgan fingerprint density at radius 1 is 1.06 bits per heavy atom. The first-order chi connectivity index (χ1) is 16.0. The number of alkyl halides is 3. The van der Waals surface area contributed by atoms with Crippen LogP contribution in [0.15, 0.2) is 42.5 Å². The van der Waals surface area contributed by atoms with Crippen molar-refractivity contribution in [2.24, 2.45) is 0 Å². The molecule has 0 bridgehead atoms. The number of carboxylic acids is 1. The van der Waals surface area contributed by atoms with Crippen LogP contribution in [0.1, 0.15) is 63.4 Å². The van der Waals surface area contributed by atoms with Crippen molar-refractivity contribution in [2.45, 2.75) is 43.8 Å². The summed E-state index contributed by atoms with van der Waals surface area (Å²) in [5.74, 6) is -3.18. The van der Waals surface area contributed by atoms with E-state index in [4.69, 9.17) is 16.7 Å². The molecule has 3 aromatic rings. The quantitative estimate of drug-likeness (QED) is 0.325. The molecule has 1 fully saturated rings. The fourth-order valence-corrected chi connectivity index (χ4v) is 5.31. The summed E-state index contributed by atoms with van der Waals surface area (Å²) in [6, 6.07) is 8.38. The van der Waals surface area contributed by atoms with Gasteiger partial charge < -0.3 is 9.67 Å². The van der Waals surface area contributed by atoms with E-state index in [0.29, 0.717) is 17.5 Å². The molecule has 2 aliphatic rings. The van der Waals surface area contributed by atoms with Gasteiger partial charge in [-0.3, -0.25) is 4.79 Å². The van der Waals surface area contributed by atoms with Gasteiger partial charge in [0, 0.05) is 16.8 Å². The van der Waals surface area contributed by atoms with Crippen LogP contribution in [0.4, 0.5) is 17.6 Å². The number of halogens is 5. The van der Waals surface area contributed by atoms with Crippen LogP contribution in [0.5, 0.6) is 0 Å². The lowest BCUT2D eigenvalue weighted by atomic mass is 9.96. The van der Waals surface area contributed by atoms with E-state index in [1.165, 1.54) is 18.2 Å². The fourth-order valence-electron chi connectivity index (χ4n) is 5.05. The number of hydrogen-bond donors (Lipinski definition) is 1. The highest BCUT2D eigenvalue weighted by atomic mass is 35.5. The van der Waals surface area contributed by atoms with Gasteiger partial charge in [-0.2, -0.15) is 13.2 Å². The van der Waals surface area contributed by atoms with E-state index in [0.717, 1.165) is 55.6 Å². The Morgan fingerprint density at radius 2 is 1.79 bits per heavy atom. The molecular weight excluding hydrogens is 474 g/mol. The minimum Gasteiger partial charge on any atom is -0.478 e. The molecule has 2 heterocycles. The number of fused-ring (bicyclic) bond motifs is 2. The average molecular weight is 492 g/mol. The predicted molar refractivity (Wildman–Crippen MR) is 117 cm³/mol. The third kappa shape index (κ3) is 3.52. The Bertz CT molecular complexity index is 1350. The smallest absolute Gasteiger partial charge is 0.417 e. The lowest BCUT2D eigenvalue weighted by Crippen LogP contribution is -2.28. The number of carboxylic acid groups (broad SMARTS) is 1. The van der Waals surface area contributed by atoms with Gasteiger partial charge in [0.15, 0.2) is 0 Å². The molecule has 5 rings (SSSR count). The van der Waals surface area contributed by atoms with Gasteiger partial charge in [0.05, 0.1) is 27.4 Å². The van der Waals surface area contributed by atoms with Gasteiger partial charge in [-0.15, -0.1) is 0 Å². The summed E-state index contributed by atoms with van der Waals surface area (Å²) < 4.78 is 57.4. The number of hydrogen-bond acceptors (Lipinski definition) is 2. The van der Waals surface area contributed by atoms with Gasteiger partial charge >= 0.3 is 12.1 Å². The van der Waals surface area contributed by atoms with E-state index in [2.05, 4.69) is 0 Å². The van der Waals surface area contributed by atoms with E-state index >= 15 is 0 Å². The number of aromatic nitrogens is 1.